The molecule has 0 aliphatic carbocycles. The fourth-order valence-corrected chi connectivity index (χ4v) is 14.8. The van der Waals surface area contributed by atoms with Gasteiger partial charge in [-0.1, -0.05) is 268 Å². The van der Waals surface area contributed by atoms with Crippen LogP contribution in [0, 0.1) is 47.4 Å². The van der Waals surface area contributed by atoms with Gasteiger partial charge >= 0.3 is 34.8 Å². The molecule has 10 aromatic heterocycles. The van der Waals surface area contributed by atoms with Crippen molar-refractivity contribution >= 4 is 173 Å². The molecule has 18 nitrogen and oxygen atoms in total. The van der Waals surface area contributed by atoms with Crippen LogP contribution in [0.5, 0.6) is 11.8 Å². The van der Waals surface area contributed by atoms with Gasteiger partial charge in [-0.2, -0.15) is 0 Å². The van der Waals surface area contributed by atoms with E-state index in [1.807, 2.05) is 234 Å². The molecular formula is C109H94Cl8FN11NaO7P. The summed E-state index contributed by atoms with van der Waals surface area (Å²) in [6, 6.07) is 98.0. The molecule has 0 unspecified atom stereocenters. The van der Waals surface area contributed by atoms with E-state index in [0.29, 0.717) is 57.1 Å². The van der Waals surface area contributed by atoms with E-state index < -0.39 is 11.0 Å². The van der Waals surface area contributed by atoms with Crippen molar-refractivity contribution in [2.45, 2.75) is 68.8 Å². The molecule has 20 aromatic rings. The van der Waals surface area contributed by atoms with E-state index in [4.69, 9.17) is 89.5 Å². The fraction of sp³-hybridized carbons (Fsp3) is 0.101. The van der Waals surface area contributed by atoms with Crippen LogP contribution in [-0.2, 0) is 24.4 Å². The molecule has 0 saturated heterocycles. The van der Waals surface area contributed by atoms with E-state index in [-0.39, 0.29) is 54.2 Å². The van der Waals surface area contributed by atoms with E-state index in [9.17, 15) is 18.9 Å². The van der Waals surface area contributed by atoms with E-state index in [2.05, 4.69) is 178 Å². The predicted octanol–water partition coefficient (Wildman–Crippen LogP) is 26.9. The molecule has 0 aliphatic rings. The average molecular weight is 2030 g/mol. The first kappa shape index (κ1) is 108. The number of aliphatic hydroxyl groups excluding tert-OH is 1. The molecule has 20 rings (SSSR count). The second-order valence-corrected chi connectivity index (χ2v) is 39.0. The van der Waals surface area contributed by atoms with Crippen molar-refractivity contribution in [3.8, 4) is 56.8 Å². The maximum absolute atomic E-state index is 13.4. The maximum atomic E-state index is 13.4. The van der Waals surface area contributed by atoms with Crippen molar-refractivity contribution < 1.29 is 65.1 Å². The van der Waals surface area contributed by atoms with Crippen molar-refractivity contribution in [3.05, 3.63) is 445 Å². The zero-order chi connectivity index (χ0) is 97.9. The molecular weight excluding hydrogens is 1930 g/mol. The van der Waals surface area contributed by atoms with Gasteiger partial charge in [0.2, 0.25) is 13.2 Å². The summed E-state index contributed by atoms with van der Waals surface area (Å²) in [5.41, 5.74) is 24.0. The summed E-state index contributed by atoms with van der Waals surface area (Å²) in [6.07, 6.45) is 14.1. The third kappa shape index (κ3) is 32.7. The minimum absolute atomic E-state index is 0. The molecule has 696 valence electrons. The van der Waals surface area contributed by atoms with Gasteiger partial charge in [0.25, 0.3) is 5.56 Å². The summed E-state index contributed by atoms with van der Waals surface area (Å²) in [5, 5.41) is 31.1. The number of nitrogens with zero attached hydrogens (tertiary/aromatic N) is 9. The number of aliphatic hydroxyl groups is 1. The summed E-state index contributed by atoms with van der Waals surface area (Å²) in [7, 11) is 1.00. The Morgan fingerprint density at radius 3 is 1.15 bits per heavy atom. The van der Waals surface area contributed by atoms with Gasteiger partial charge in [0.1, 0.15) is 45.5 Å². The smallest absolute Gasteiger partial charge is 0.851 e. The molecule has 0 atom stereocenters. The number of anilines is 2. The second-order valence-electron chi connectivity index (χ2n) is 30.5. The number of ether oxygens (including phenoxy) is 2. The number of aromatic amines is 1. The first-order chi connectivity index (χ1) is 66.2. The first-order valence-corrected chi connectivity index (χ1v) is 48.3. The summed E-state index contributed by atoms with van der Waals surface area (Å²) in [5.74, 6) is 1.48. The number of hydrogen-bond acceptors (Lipinski definition) is 16. The molecule has 0 fully saturated rings. The average Bonchev–Trinajstić information content (AvgIpc) is 0.773. The Morgan fingerprint density at radius 2 is 0.739 bits per heavy atom. The molecule has 0 radical (unpaired) electrons. The van der Waals surface area contributed by atoms with E-state index in [1.54, 1.807) is 55.5 Å². The van der Waals surface area contributed by atoms with Crippen molar-refractivity contribution in [3.63, 3.8) is 0 Å². The van der Waals surface area contributed by atoms with Crippen LogP contribution >= 0.6 is 96.9 Å². The quantitative estimate of drug-likeness (QED) is 0.0550. The number of halogens is 9. The standard InChI is InChI=1S/C22H18N2O.C21H15ClFN3.C17H14ClNO.C15H11ClN2.C15H12N2O.C10H7Cl2N.C7H7O.CH4O.CH4.Cl3OP.Na.H2O/c1-16-9-10-18-13-21(19-8-5-11-23-14-19)24-22(20(18)12-16)25-15-17-6-3-2-4-7-17;1-13-4-5-14-10-20(15-3-2-8-24-12-15)26-21(17(14)9-13)25-16-6-7-19(23)18(22)11-16;1-12-7-8-14-10-16(18)19-17(15(14)9-12)20-11-13-5-3-2-4-6-13;1-10-4-5-11-8-14(12-3-2-6-17-9-12)18-15(16)13(11)7-10;1-10-4-5-11-8-14(12-3-2-6-16-9-12)17-15(18)13(11)7-10;1-6-2-3-7-5-9(11)13-10(12)8(7)4-6;8-6-7-4-2-1-3-5-7;1-2;;1-5(2,3)4;;/h2-14H,15H2,1H3;2-12H,1H3,(H,25,26);2-10H,11H2,1H3;2-9H,1H3;2-9H,1H3,(H,17,18);2-5H,1H3;1-5H,6H2;2H,1H3;1H4;;;1H2/q;;;;;;-1;;;;+1;/i/hD. The Bertz CT molecular complexity index is 7510. The van der Waals surface area contributed by atoms with E-state index >= 15 is 0 Å². The Labute approximate surface area is 863 Å². The summed E-state index contributed by atoms with van der Waals surface area (Å²) in [6.45, 7) is 13.1. The fourth-order valence-electron chi connectivity index (χ4n) is 13.7. The molecule has 0 amide bonds. The van der Waals surface area contributed by atoms with Gasteiger partial charge in [-0.25, -0.2) is 29.3 Å². The summed E-state index contributed by atoms with van der Waals surface area (Å²) in [4.78, 5) is 53.7. The van der Waals surface area contributed by atoms with Crippen LogP contribution in [-0.4, -0.2) is 67.5 Å². The number of aryl methyl sites for hydroxylation is 6. The predicted molar refractivity (Wildman–Crippen MR) is 565 cm³/mol. The van der Waals surface area contributed by atoms with E-state index in [1.165, 1.54) is 28.3 Å². The normalized spacial score (nSPS) is 10.4. The SMILES string of the molecule is C.CO.Cc1ccc2cc(-c3cccnc3)[nH]c(=O)c2c1.Cc1ccc2cc(-c3cccnc3)nc(Cl)c2c1.Cc1ccc2cc(-c3cccnc3)nc(Nc3ccc(F)c(Cl)c3)c2c1.Cc1ccc2cc(-c3cccnc3)nc(OCc3ccccc3)c2c1.Cc1ccc2cc(Cl)nc(Cl)c2c1.Cc1ccc2cc(Cl)nc(OCc3ccccc3)c2c1.O=P(Cl)(Cl)Cl.[2H]O.[Na+].[O-]Cc1ccccc1. The number of pyridine rings is 10. The van der Waals surface area contributed by atoms with Crippen LogP contribution in [0.3, 0.4) is 0 Å². The van der Waals surface area contributed by atoms with Crippen LogP contribution in [0.25, 0.3) is 110 Å². The topological polar surface area (TPSA) is 271 Å². The Balaban J connectivity index is 0.000000181. The van der Waals surface area contributed by atoms with Gasteiger partial charge in [-0.15, -0.1) is 6.61 Å². The third-order valence-electron chi connectivity index (χ3n) is 20.2. The number of benzene rings is 10. The minimum Gasteiger partial charge on any atom is -0.851 e. The van der Waals surface area contributed by atoms with Crippen molar-refractivity contribution in [1.82, 2.24) is 49.8 Å². The maximum Gasteiger partial charge on any atom is 1.00 e. The van der Waals surface area contributed by atoms with Crippen LogP contribution in [0.1, 0.15) is 58.9 Å². The molecule has 0 aliphatic heterocycles. The van der Waals surface area contributed by atoms with Gasteiger partial charge in [0.15, 0.2) is 0 Å². The Kier molecular flexibility index (Phi) is 42.4. The van der Waals surface area contributed by atoms with Gasteiger partial charge in [-0.05, 0) is 258 Å². The Morgan fingerprint density at radius 1 is 0.399 bits per heavy atom. The number of aromatic nitrogens is 10. The van der Waals surface area contributed by atoms with Crippen LogP contribution < -0.4 is 55.0 Å². The number of hydrogen-bond donors (Lipinski definition) is 3. The summed E-state index contributed by atoms with van der Waals surface area (Å²) >= 11 is 43.8. The Hall–Kier alpha value is -12.2. The zero-order valence-corrected chi connectivity index (χ0v) is 84.4. The first-order valence-electron chi connectivity index (χ1n) is 42.4. The molecule has 10 aromatic carbocycles. The molecule has 0 saturated carbocycles. The number of rotatable bonds is 13. The minimum atomic E-state index is -3.22. The largest absolute Gasteiger partial charge is 1.00 e. The molecule has 0 spiro atoms. The second kappa shape index (κ2) is 54.2. The van der Waals surface area contributed by atoms with Crippen molar-refractivity contribution in [2.24, 2.45) is 0 Å². The van der Waals surface area contributed by atoms with Crippen LogP contribution in [0.15, 0.2) is 358 Å². The zero-order valence-electron chi connectivity index (χ0n) is 76.4. The third-order valence-corrected chi connectivity index (χ3v) is 21.4. The van der Waals surface area contributed by atoms with Crippen molar-refractivity contribution in [1.29, 1.82) is 0 Å². The number of H-pyrrole nitrogens is 1. The molecule has 10 heterocycles. The molecule has 29 heteroatoms. The van der Waals surface area contributed by atoms with Gasteiger partial charge < -0.3 is 35.5 Å². The monoisotopic (exact) mass is 2020 g/mol. The van der Waals surface area contributed by atoms with Gasteiger partial charge in [0.05, 0.1) is 27.8 Å². The molecule has 5 N–H and O–H groups in total. The molecule has 138 heavy (non-hydrogen) atoms. The number of nitrogens with one attached hydrogen (secondary N) is 2. The van der Waals surface area contributed by atoms with Gasteiger partial charge in [-0.3, -0.25) is 29.3 Å². The van der Waals surface area contributed by atoms with Crippen molar-refractivity contribution in [2.75, 3.05) is 12.4 Å². The van der Waals surface area contributed by atoms with E-state index in [0.717, 1.165) is 145 Å². The summed E-state index contributed by atoms with van der Waals surface area (Å²) < 4.78 is 39.6. The van der Waals surface area contributed by atoms with Crippen LogP contribution in [0.4, 0.5) is 15.9 Å². The molecule has 0 bridgehead atoms. The number of fused-ring (bicyclic) bond motifs is 6. The van der Waals surface area contributed by atoms with Crippen LogP contribution in [0.2, 0.25) is 25.6 Å². The van der Waals surface area contributed by atoms with Gasteiger partial charge in [0, 0.05) is 117 Å².